The monoisotopic (exact) mass is 376 g/mol. The second kappa shape index (κ2) is 5.45. The molecule has 23 heavy (non-hydrogen) atoms. The van der Waals surface area contributed by atoms with Gasteiger partial charge in [-0.25, -0.2) is 9.67 Å². The van der Waals surface area contributed by atoms with E-state index in [1.807, 2.05) is 27.7 Å². The fourth-order valence-corrected chi connectivity index (χ4v) is 3.14. The molecular formula is C15H17BrN6O. The van der Waals surface area contributed by atoms with E-state index in [-0.39, 0.29) is 5.95 Å². The third-order valence-electron chi connectivity index (χ3n) is 3.95. The maximum Gasteiger partial charge on any atom is 0.222 e. The number of aryl methyl sites for hydroxylation is 3. The van der Waals surface area contributed by atoms with Crippen LogP contribution in [0.2, 0.25) is 0 Å². The fourth-order valence-electron chi connectivity index (χ4n) is 2.81. The summed E-state index contributed by atoms with van der Waals surface area (Å²) in [5.41, 5.74) is 10.4. The summed E-state index contributed by atoms with van der Waals surface area (Å²) in [6.07, 6.45) is 1.56. The van der Waals surface area contributed by atoms with Crippen molar-refractivity contribution in [1.82, 2.24) is 19.7 Å². The van der Waals surface area contributed by atoms with Crippen LogP contribution in [-0.2, 0) is 6.54 Å². The molecule has 3 heterocycles. The molecule has 0 spiro atoms. The van der Waals surface area contributed by atoms with Crippen molar-refractivity contribution in [3.05, 3.63) is 44.1 Å². The number of fused-ring (bicyclic) bond motifs is 1. The molecule has 0 aliphatic carbocycles. The number of nitrogen functional groups attached to an aromatic ring is 1. The summed E-state index contributed by atoms with van der Waals surface area (Å²) in [5.74, 6) is 0.202. The first-order valence-electron chi connectivity index (χ1n) is 7.14. The zero-order valence-electron chi connectivity index (χ0n) is 13.4. The van der Waals surface area contributed by atoms with Crippen LogP contribution in [-0.4, -0.2) is 19.7 Å². The van der Waals surface area contributed by atoms with Crippen molar-refractivity contribution < 1.29 is 4.73 Å². The average Bonchev–Trinajstić information content (AvgIpc) is 2.77. The highest BCUT2D eigenvalue weighted by atomic mass is 79.9. The van der Waals surface area contributed by atoms with Crippen LogP contribution >= 0.6 is 15.9 Å². The normalized spacial score (nSPS) is 11.3. The van der Waals surface area contributed by atoms with Crippen LogP contribution in [0.5, 0.6) is 0 Å². The Hall–Kier alpha value is -2.22. The summed E-state index contributed by atoms with van der Waals surface area (Å²) in [5, 5.41) is 17.7. The van der Waals surface area contributed by atoms with E-state index < -0.39 is 0 Å². The van der Waals surface area contributed by atoms with E-state index in [4.69, 9.17) is 5.73 Å². The zero-order chi connectivity index (χ0) is 16.9. The minimum absolute atomic E-state index is 0.202. The Morgan fingerprint density at radius 3 is 2.61 bits per heavy atom. The van der Waals surface area contributed by atoms with Gasteiger partial charge in [0, 0.05) is 15.6 Å². The highest BCUT2D eigenvalue weighted by Crippen LogP contribution is 2.24. The molecule has 0 aliphatic heterocycles. The third-order valence-corrected chi connectivity index (χ3v) is 5.17. The zero-order valence-corrected chi connectivity index (χ0v) is 15.0. The molecule has 0 aromatic carbocycles. The lowest BCUT2D eigenvalue weighted by Crippen LogP contribution is -2.34. The van der Waals surface area contributed by atoms with Gasteiger partial charge >= 0.3 is 0 Å². The lowest BCUT2D eigenvalue weighted by Gasteiger charge is -2.11. The Labute approximate surface area is 141 Å². The Morgan fingerprint density at radius 2 is 1.91 bits per heavy atom. The van der Waals surface area contributed by atoms with Crippen molar-refractivity contribution in [3.63, 3.8) is 0 Å². The smallest absolute Gasteiger partial charge is 0.222 e. The molecule has 0 bridgehead atoms. The molecule has 0 aliphatic rings. The van der Waals surface area contributed by atoms with E-state index in [0.717, 1.165) is 37.1 Å². The van der Waals surface area contributed by atoms with Crippen LogP contribution in [0.4, 0.5) is 5.95 Å². The van der Waals surface area contributed by atoms with Gasteiger partial charge in [-0.1, -0.05) is 0 Å². The van der Waals surface area contributed by atoms with Crippen LogP contribution in [0, 0.1) is 32.9 Å². The van der Waals surface area contributed by atoms with Gasteiger partial charge in [0.2, 0.25) is 11.6 Å². The Kier molecular flexibility index (Phi) is 3.71. The van der Waals surface area contributed by atoms with Gasteiger partial charge in [0.25, 0.3) is 0 Å². The minimum atomic E-state index is 0.202. The predicted molar refractivity (Wildman–Crippen MR) is 90.9 cm³/mol. The lowest BCUT2D eigenvalue weighted by molar-refractivity contribution is -0.615. The number of halogens is 1. The summed E-state index contributed by atoms with van der Waals surface area (Å²) in [7, 11) is 0. The van der Waals surface area contributed by atoms with Gasteiger partial charge in [-0.15, -0.1) is 0 Å². The Morgan fingerprint density at radius 1 is 1.22 bits per heavy atom. The number of aromatic nitrogens is 5. The molecule has 3 rings (SSSR count). The molecule has 2 N–H and O–H groups in total. The van der Waals surface area contributed by atoms with Crippen molar-refractivity contribution >= 4 is 32.9 Å². The second-order valence-electron chi connectivity index (χ2n) is 5.63. The van der Waals surface area contributed by atoms with Crippen molar-refractivity contribution in [1.29, 1.82) is 0 Å². The maximum atomic E-state index is 12.3. The molecular weight excluding hydrogens is 360 g/mol. The van der Waals surface area contributed by atoms with E-state index >= 15 is 0 Å². The maximum absolute atomic E-state index is 12.3. The third kappa shape index (κ3) is 2.52. The number of hydrogen-bond acceptors (Lipinski definition) is 5. The standard InChI is InChI=1S/C15H17BrN6O/c1-7-5-22(23)11(8(2)13(7)16)6-21-14-12(10(4)20-21)9(3)18-15(17)19-14/h5H,6H2,1-4H3,(H2,17,18,19). The first-order chi connectivity index (χ1) is 10.8. The first kappa shape index (κ1) is 15.7. The van der Waals surface area contributed by atoms with E-state index in [2.05, 4.69) is 31.0 Å². The average molecular weight is 377 g/mol. The molecule has 0 unspecified atom stereocenters. The van der Waals surface area contributed by atoms with Crippen LogP contribution in [0.15, 0.2) is 10.7 Å². The molecule has 0 saturated heterocycles. The summed E-state index contributed by atoms with van der Waals surface area (Å²) in [6, 6.07) is 0. The number of anilines is 1. The summed E-state index contributed by atoms with van der Waals surface area (Å²) in [6.45, 7) is 7.89. The molecule has 7 nitrogen and oxygen atoms in total. The van der Waals surface area contributed by atoms with Gasteiger partial charge in [-0.05, 0) is 43.6 Å². The van der Waals surface area contributed by atoms with E-state index in [1.54, 1.807) is 10.9 Å². The van der Waals surface area contributed by atoms with Gasteiger partial charge in [0.05, 0.1) is 16.8 Å². The van der Waals surface area contributed by atoms with Gasteiger partial charge in [-0.2, -0.15) is 14.8 Å². The van der Waals surface area contributed by atoms with Crippen molar-refractivity contribution in [2.75, 3.05) is 5.73 Å². The van der Waals surface area contributed by atoms with Gasteiger partial charge in [0.1, 0.15) is 6.54 Å². The summed E-state index contributed by atoms with van der Waals surface area (Å²) >= 11 is 3.53. The first-order valence-corrected chi connectivity index (χ1v) is 7.94. The van der Waals surface area contributed by atoms with Gasteiger partial charge < -0.3 is 10.9 Å². The molecule has 3 aromatic rings. The van der Waals surface area contributed by atoms with E-state index in [9.17, 15) is 5.21 Å². The van der Waals surface area contributed by atoms with Gasteiger partial charge in [-0.3, -0.25) is 0 Å². The van der Waals surface area contributed by atoms with E-state index in [1.165, 1.54) is 0 Å². The molecule has 0 radical (unpaired) electrons. The number of rotatable bonds is 2. The molecule has 0 atom stereocenters. The lowest BCUT2D eigenvalue weighted by atomic mass is 10.1. The highest BCUT2D eigenvalue weighted by Gasteiger charge is 2.20. The molecule has 0 saturated carbocycles. The summed E-state index contributed by atoms with van der Waals surface area (Å²) < 4.78 is 3.52. The molecule has 8 heteroatoms. The molecule has 120 valence electrons. The predicted octanol–water partition coefficient (Wildman–Crippen LogP) is 2.09. The van der Waals surface area contributed by atoms with Crippen LogP contribution in [0.25, 0.3) is 11.0 Å². The van der Waals surface area contributed by atoms with Crippen molar-refractivity contribution in [2.45, 2.75) is 34.2 Å². The topological polar surface area (TPSA) is 96.6 Å². The molecule has 0 fully saturated rings. The van der Waals surface area contributed by atoms with Crippen LogP contribution in [0.3, 0.4) is 0 Å². The number of nitrogens with zero attached hydrogens (tertiary/aromatic N) is 5. The largest absolute Gasteiger partial charge is 0.618 e. The van der Waals surface area contributed by atoms with Crippen molar-refractivity contribution in [2.24, 2.45) is 0 Å². The quantitative estimate of drug-likeness (QED) is 0.545. The Bertz CT molecular complexity index is 934. The van der Waals surface area contributed by atoms with Crippen LogP contribution < -0.4 is 10.5 Å². The summed E-state index contributed by atoms with van der Waals surface area (Å²) in [4.78, 5) is 8.48. The fraction of sp³-hybridized carbons (Fsp3) is 0.333. The molecule has 0 amide bonds. The molecule has 3 aromatic heterocycles. The highest BCUT2D eigenvalue weighted by molar-refractivity contribution is 9.10. The van der Waals surface area contributed by atoms with Crippen molar-refractivity contribution in [3.8, 4) is 0 Å². The number of hydrogen-bond donors (Lipinski definition) is 1. The minimum Gasteiger partial charge on any atom is -0.618 e. The SMILES string of the molecule is Cc1c[n+]([O-])c(Cn2nc(C)c3c(C)nc(N)nc32)c(C)c1Br. The van der Waals surface area contributed by atoms with Crippen LogP contribution in [0.1, 0.15) is 28.2 Å². The Balaban J connectivity index is 2.19. The number of nitrogens with two attached hydrogens (primary N) is 1. The second-order valence-corrected chi connectivity index (χ2v) is 6.43. The van der Waals surface area contributed by atoms with E-state index in [0.29, 0.717) is 17.9 Å². The van der Waals surface area contributed by atoms with Gasteiger partial charge in [0.15, 0.2) is 11.8 Å². The number of pyridine rings is 1.